The van der Waals surface area contributed by atoms with Crippen molar-refractivity contribution < 1.29 is 9.53 Å². The van der Waals surface area contributed by atoms with Crippen LogP contribution in [0.3, 0.4) is 0 Å². The van der Waals surface area contributed by atoms with Crippen molar-refractivity contribution in [3.63, 3.8) is 0 Å². The van der Waals surface area contributed by atoms with Crippen LogP contribution in [-0.4, -0.2) is 5.97 Å². The molecule has 1 aromatic carbocycles. The minimum Gasteiger partial charge on any atom is -0.426 e. The third-order valence-electron chi connectivity index (χ3n) is 1.88. The maximum absolute atomic E-state index is 11.3. The van der Waals surface area contributed by atoms with Crippen molar-refractivity contribution in [2.45, 2.75) is 26.2 Å². The third-order valence-corrected chi connectivity index (χ3v) is 1.88. The van der Waals surface area contributed by atoms with Crippen molar-refractivity contribution in [1.29, 1.82) is 0 Å². The van der Waals surface area contributed by atoms with Gasteiger partial charge in [0.2, 0.25) is 0 Å². The third kappa shape index (κ3) is 5.01. The Morgan fingerprint density at radius 2 is 2.00 bits per heavy atom. The van der Waals surface area contributed by atoms with E-state index in [1.54, 1.807) is 12.1 Å². The molecule has 15 heavy (non-hydrogen) atoms. The number of carbonyl (C=O) groups excluding carboxylic acids is 1. The van der Waals surface area contributed by atoms with E-state index in [0.29, 0.717) is 12.2 Å². The number of hydrogen-bond acceptors (Lipinski definition) is 2. The summed E-state index contributed by atoms with van der Waals surface area (Å²) in [5.74, 6) is 0.389. The predicted octanol–water partition coefficient (Wildman–Crippen LogP) is 3.34. The lowest BCUT2D eigenvalue weighted by atomic mass is 10.3. The van der Waals surface area contributed by atoms with Crippen molar-refractivity contribution in [2.75, 3.05) is 0 Å². The van der Waals surface area contributed by atoms with E-state index in [-0.39, 0.29) is 5.97 Å². The van der Waals surface area contributed by atoms with Gasteiger partial charge in [-0.2, -0.15) is 0 Å². The first-order valence-electron chi connectivity index (χ1n) is 5.23. The van der Waals surface area contributed by atoms with Crippen molar-refractivity contribution in [3.8, 4) is 5.75 Å². The molecule has 0 amide bonds. The van der Waals surface area contributed by atoms with Gasteiger partial charge in [-0.05, 0) is 18.6 Å². The zero-order chi connectivity index (χ0) is 10.9. The Bertz CT molecular complexity index is 315. The van der Waals surface area contributed by atoms with E-state index in [4.69, 9.17) is 4.74 Å². The topological polar surface area (TPSA) is 26.3 Å². The second-order valence-corrected chi connectivity index (χ2v) is 3.25. The monoisotopic (exact) mass is 204 g/mol. The number of hydrogen-bond donors (Lipinski definition) is 0. The molecule has 0 unspecified atom stereocenters. The number of carbonyl (C=O) groups is 1. The summed E-state index contributed by atoms with van der Waals surface area (Å²) in [4.78, 5) is 11.3. The van der Waals surface area contributed by atoms with Crippen molar-refractivity contribution >= 4 is 5.97 Å². The highest BCUT2D eigenvalue weighted by atomic mass is 16.5. The fraction of sp³-hybridized carbons (Fsp3) is 0.308. The van der Waals surface area contributed by atoms with Crippen LogP contribution in [0.2, 0.25) is 0 Å². The molecule has 1 aromatic rings. The van der Waals surface area contributed by atoms with Crippen LogP contribution in [0.4, 0.5) is 0 Å². The molecule has 2 heteroatoms. The smallest absolute Gasteiger partial charge is 0.315 e. The molecule has 0 N–H and O–H groups in total. The molecule has 2 nitrogen and oxygen atoms in total. The molecule has 80 valence electrons. The number of allylic oxidation sites excluding steroid dienone is 1. The molecule has 0 aromatic heterocycles. The normalized spacial score (nSPS) is 10.5. The van der Waals surface area contributed by atoms with Gasteiger partial charge in [0, 0.05) is 0 Å². The van der Waals surface area contributed by atoms with Crippen LogP contribution < -0.4 is 4.74 Å². The van der Waals surface area contributed by atoms with E-state index in [0.717, 1.165) is 12.8 Å². The molecule has 0 aliphatic carbocycles. The Balaban J connectivity index is 2.31. The van der Waals surface area contributed by atoms with Crippen molar-refractivity contribution in [3.05, 3.63) is 42.5 Å². The van der Waals surface area contributed by atoms with Gasteiger partial charge in [0.25, 0.3) is 0 Å². The Morgan fingerprint density at radius 1 is 1.27 bits per heavy atom. The molecule has 0 saturated heterocycles. The number of ether oxygens (including phenoxy) is 1. The molecular weight excluding hydrogens is 188 g/mol. The number of benzene rings is 1. The summed E-state index contributed by atoms with van der Waals surface area (Å²) in [5.41, 5.74) is 0. The fourth-order valence-electron chi connectivity index (χ4n) is 1.13. The molecule has 0 radical (unpaired) electrons. The van der Waals surface area contributed by atoms with Crippen LogP contribution in [0.1, 0.15) is 26.2 Å². The second-order valence-electron chi connectivity index (χ2n) is 3.25. The van der Waals surface area contributed by atoms with E-state index in [9.17, 15) is 4.79 Å². The summed E-state index contributed by atoms with van der Waals surface area (Å²) >= 11 is 0. The number of esters is 1. The Morgan fingerprint density at radius 3 is 2.67 bits per heavy atom. The van der Waals surface area contributed by atoms with Crippen molar-refractivity contribution in [2.24, 2.45) is 0 Å². The molecule has 0 bridgehead atoms. The quantitative estimate of drug-likeness (QED) is 0.417. The molecule has 0 fully saturated rings. The summed E-state index contributed by atoms with van der Waals surface area (Å²) in [6.45, 7) is 2.10. The van der Waals surface area contributed by atoms with E-state index in [1.165, 1.54) is 0 Å². The first kappa shape index (κ1) is 11.5. The SMILES string of the molecule is CCC/C=C/CC(=O)Oc1ccccc1. The minimum atomic E-state index is -0.214. The van der Waals surface area contributed by atoms with Crippen molar-refractivity contribution in [1.82, 2.24) is 0 Å². The van der Waals surface area contributed by atoms with Crippen LogP contribution in [0.15, 0.2) is 42.5 Å². The van der Waals surface area contributed by atoms with Crippen LogP contribution in [0.5, 0.6) is 5.75 Å². The van der Waals surface area contributed by atoms with Crippen LogP contribution in [-0.2, 0) is 4.79 Å². The molecule has 0 saturated carbocycles. The van der Waals surface area contributed by atoms with Crippen LogP contribution in [0.25, 0.3) is 0 Å². The van der Waals surface area contributed by atoms with Gasteiger partial charge in [0.1, 0.15) is 5.75 Å². The maximum atomic E-state index is 11.3. The first-order chi connectivity index (χ1) is 7.33. The molecular formula is C13H16O2. The van der Waals surface area contributed by atoms with E-state index in [1.807, 2.05) is 30.4 Å². The van der Waals surface area contributed by atoms with E-state index >= 15 is 0 Å². The number of rotatable bonds is 5. The zero-order valence-corrected chi connectivity index (χ0v) is 8.98. The van der Waals surface area contributed by atoms with Gasteiger partial charge in [-0.3, -0.25) is 4.79 Å². The molecule has 1 rings (SSSR count). The predicted molar refractivity (Wildman–Crippen MR) is 60.7 cm³/mol. The van der Waals surface area contributed by atoms with Gasteiger partial charge in [0.05, 0.1) is 6.42 Å². The number of para-hydroxylation sites is 1. The number of unbranched alkanes of at least 4 members (excludes halogenated alkanes) is 1. The summed E-state index contributed by atoms with van der Waals surface area (Å²) in [5, 5.41) is 0. The van der Waals surface area contributed by atoms with Gasteiger partial charge in [-0.1, -0.05) is 43.7 Å². The van der Waals surface area contributed by atoms with Gasteiger partial charge in [-0.25, -0.2) is 0 Å². The zero-order valence-electron chi connectivity index (χ0n) is 8.98. The van der Waals surface area contributed by atoms with Gasteiger partial charge in [-0.15, -0.1) is 0 Å². The highest BCUT2D eigenvalue weighted by Crippen LogP contribution is 2.09. The summed E-state index contributed by atoms with van der Waals surface area (Å²) in [7, 11) is 0. The summed E-state index contributed by atoms with van der Waals surface area (Å²) < 4.78 is 5.10. The van der Waals surface area contributed by atoms with E-state index in [2.05, 4.69) is 6.92 Å². The highest BCUT2D eigenvalue weighted by Gasteiger charge is 2.00. The average molecular weight is 204 g/mol. The Hall–Kier alpha value is -1.57. The van der Waals surface area contributed by atoms with Crippen LogP contribution >= 0.6 is 0 Å². The minimum absolute atomic E-state index is 0.214. The molecule has 0 aliphatic rings. The maximum Gasteiger partial charge on any atom is 0.315 e. The summed E-state index contributed by atoms with van der Waals surface area (Å²) in [6, 6.07) is 9.12. The first-order valence-corrected chi connectivity index (χ1v) is 5.23. The lowest BCUT2D eigenvalue weighted by molar-refractivity contribution is -0.133. The molecule has 0 heterocycles. The van der Waals surface area contributed by atoms with Gasteiger partial charge < -0.3 is 4.74 Å². The second kappa shape index (κ2) is 6.82. The van der Waals surface area contributed by atoms with Gasteiger partial charge in [0.15, 0.2) is 0 Å². The molecule has 0 aliphatic heterocycles. The lowest BCUT2D eigenvalue weighted by Crippen LogP contribution is -2.05. The molecule has 0 atom stereocenters. The standard InChI is InChI=1S/C13H16O2/c1-2-3-4-8-11-13(14)15-12-9-6-5-7-10-12/h4-10H,2-3,11H2,1H3/b8-4+. The largest absolute Gasteiger partial charge is 0.426 e. The van der Waals surface area contributed by atoms with Gasteiger partial charge >= 0.3 is 5.97 Å². The Kier molecular flexibility index (Phi) is 5.23. The summed E-state index contributed by atoms with van der Waals surface area (Å²) in [6.07, 6.45) is 6.32. The molecule has 0 spiro atoms. The highest BCUT2D eigenvalue weighted by molar-refractivity contribution is 5.73. The Labute approximate surface area is 90.6 Å². The lowest BCUT2D eigenvalue weighted by Gasteiger charge is -2.00. The fourth-order valence-corrected chi connectivity index (χ4v) is 1.13. The van der Waals surface area contributed by atoms with E-state index < -0.39 is 0 Å². The average Bonchev–Trinajstić information content (AvgIpc) is 2.26. The van der Waals surface area contributed by atoms with Crippen LogP contribution in [0, 0.1) is 0 Å².